The molecule has 0 N–H and O–H groups in total. The SMILES string of the molecule is C[S+]([O-])c1ccc(C2=C(c3cc(F)cc(F)c3)C(=O)CC2)cc1. The zero-order chi connectivity index (χ0) is 16.6. The van der Waals surface area contributed by atoms with Crippen molar-refractivity contribution in [2.45, 2.75) is 17.7 Å². The van der Waals surface area contributed by atoms with Crippen molar-refractivity contribution < 1.29 is 18.1 Å². The summed E-state index contributed by atoms with van der Waals surface area (Å²) in [6.45, 7) is 0. The van der Waals surface area contributed by atoms with Crippen molar-refractivity contribution in [3.05, 3.63) is 65.2 Å². The van der Waals surface area contributed by atoms with Crippen LogP contribution in [0.5, 0.6) is 0 Å². The van der Waals surface area contributed by atoms with Crippen LogP contribution in [0.25, 0.3) is 11.1 Å². The van der Waals surface area contributed by atoms with Gasteiger partial charge >= 0.3 is 0 Å². The minimum Gasteiger partial charge on any atom is -0.612 e. The Labute approximate surface area is 136 Å². The number of carbonyl (C=O) groups is 1. The molecule has 1 aliphatic carbocycles. The van der Waals surface area contributed by atoms with Gasteiger partial charge in [0, 0.05) is 18.1 Å². The van der Waals surface area contributed by atoms with E-state index < -0.39 is 22.8 Å². The van der Waals surface area contributed by atoms with E-state index in [1.54, 1.807) is 30.5 Å². The van der Waals surface area contributed by atoms with E-state index >= 15 is 0 Å². The summed E-state index contributed by atoms with van der Waals surface area (Å²) in [5.74, 6) is -1.53. The van der Waals surface area contributed by atoms with Gasteiger partial charge in [-0.15, -0.1) is 0 Å². The lowest BCUT2D eigenvalue weighted by molar-refractivity contribution is -0.113. The monoisotopic (exact) mass is 332 g/mol. The highest BCUT2D eigenvalue weighted by Gasteiger charge is 2.26. The van der Waals surface area contributed by atoms with E-state index in [2.05, 4.69) is 0 Å². The van der Waals surface area contributed by atoms with Crippen LogP contribution in [-0.4, -0.2) is 16.6 Å². The smallest absolute Gasteiger partial charge is 0.164 e. The van der Waals surface area contributed by atoms with E-state index in [9.17, 15) is 18.1 Å². The molecule has 3 rings (SSSR count). The van der Waals surface area contributed by atoms with E-state index in [-0.39, 0.29) is 11.3 Å². The van der Waals surface area contributed by atoms with E-state index in [4.69, 9.17) is 0 Å². The highest BCUT2D eigenvalue weighted by molar-refractivity contribution is 7.90. The summed E-state index contributed by atoms with van der Waals surface area (Å²) in [7, 11) is 0. The first-order valence-corrected chi connectivity index (χ1v) is 8.68. The van der Waals surface area contributed by atoms with Crippen LogP contribution in [0.3, 0.4) is 0 Å². The Balaban J connectivity index is 2.10. The van der Waals surface area contributed by atoms with Gasteiger partial charge < -0.3 is 4.55 Å². The van der Waals surface area contributed by atoms with E-state index in [0.29, 0.717) is 23.3 Å². The molecule has 0 spiro atoms. The predicted molar refractivity (Wildman–Crippen MR) is 86.2 cm³/mol. The summed E-state index contributed by atoms with van der Waals surface area (Å²) in [5.41, 5.74) is 2.22. The molecule has 0 saturated carbocycles. The standard InChI is InChI=1S/C18H14F2O2S/c1-23(22)15-4-2-11(3-5-15)16-6-7-17(21)18(16)12-8-13(19)10-14(20)9-12/h2-5,8-10H,6-7H2,1H3. The minimum absolute atomic E-state index is 0.117. The average Bonchev–Trinajstić information content (AvgIpc) is 2.88. The molecule has 1 aliphatic rings. The molecule has 1 atom stereocenters. The van der Waals surface area contributed by atoms with Crippen molar-refractivity contribution in [3.8, 4) is 0 Å². The van der Waals surface area contributed by atoms with Gasteiger partial charge in [0.25, 0.3) is 0 Å². The molecule has 0 bridgehead atoms. The number of Topliss-reactive ketones (excluding diaryl/α,β-unsaturated/α-hetero) is 1. The fraction of sp³-hybridized carbons (Fsp3) is 0.167. The van der Waals surface area contributed by atoms with Gasteiger partial charge in [-0.05, 0) is 70.7 Å². The summed E-state index contributed by atoms with van der Waals surface area (Å²) in [4.78, 5) is 12.9. The summed E-state index contributed by atoms with van der Waals surface area (Å²) in [6.07, 6.45) is 2.44. The third-order valence-electron chi connectivity index (χ3n) is 3.87. The van der Waals surface area contributed by atoms with Crippen LogP contribution in [0.15, 0.2) is 47.4 Å². The molecule has 23 heavy (non-hydrogen) atoms. The van der Waals surface area contributed by atoms with Crippen LogP contribution in [-0.2, 0) is 16.0 Å². The highest BCUT2D eigenvalue weighted by atomic mass is 32.2. The van der Waals surface area contributed by atoms with Crippen LogP contribution in [0, 0.1) is 11.6 Å². The summed E-state index contributed by atoms with van der Waals surface area (Å²) < 4.78 is 38.4. The molecule has 0 amide bonds. The van der Waals surface area contributed by atoms with Gasteiger partial charge in [-0.1, -0.05) is 0 Å². The van der Waals surface area contributed by atoms with Gasteiger partial charge in [0.2, 0.25) is 0 Å². The molecule has 2 nitrogen and oxygen atoms in total. The number of ketones is 1. The maximum absolute atomic E-state index is 13.5. The number of rotatable bonds is 3. The van der Waals surface area contributed by atoms with Crippen LogP contribution in [0.4, 0.5) is 8.78 Å². The second kappa shape index (κ2) is 6.26. The summed E-state index contributed by atoms with van der Waals surface area (Å²) in [6, 6.07) is 10.2. The number of carbonyl (C=O) groups excluding carboxylic acids is 1. The van der Waals surface area contributed by atoms with Crippen LogP contribution in [0.2, 0.25) is 0 Å². The summed E-state index contributed by atoms with van der Waals surface area (Å²) >= 11 is -1.08. The third kappa shape index (κ3) is 3.21. The minimum atomic E-state index is -1.08. The predicted octanol–water partition coefficient (Wildman–Crippen LogP) is 3.98. The Hall–Kier alpha value is -1.98. The number of halogens is 2. The van der Waals surface area contributed by atoms with Crippen molar-refractivity contribution >= 4 is 28.1 Å². The lowest BCUT2D eigenvalue weighted by Gasteiger charge is -2.09. The van der Waals surface area contributed by atoms with Crippen molar-refractivity contribution in [2.24, 2.45) is 0 Å². The normalized spacial score (nSPS) is 16.1. The number of allylic oxidation sites excluding steroid dienone is 2. The molecule has 0 fully saturated rings. The Kier molecular flexibility index (Phi) is 4.33. The van der Waals surface area contributed by atoms with Crippen LogP contribution < -0.4 is 0 Å². The first-order chi connectivity index (χ1) is 11.0. The lowest BCUT2D eigenvalue weighted by atomic mass is 9.96. The topological polar surface area (TPSA) is 40.1 Å². The number of benzene rings is 2. The van der Waals surface area contributed by atoms with Gasteiger partial charge in [0.05, 0.1) is 0 Å². The van der Waals surface area contributed by atoms with Gasteiger partial charge in [-0.2, -0.15) is 0 Å². The molecule has 1 unspecified atom stereocenters. The maximum atomic E-state index is 13.5. The van der Waals surface area contributed by atoms with Crippen molar-refractivity contribution in [3.63, 3.8) is 0 Å². The fourth-order valence-electron chi connectivity index (χ4n) is 2.83. The van der Waals surface area contributed by atoms with Gasteiger partial charge in [0.1, 0.15) is 17.9 Å². The third-order valence-corrected chi connectivity index (χ3v) is 4.80. The molecule has 0 heterocycles. The van der Waals surface area contributed by atoms with Crippen molar-refractivity contribution in [1.82, 2.24) is 0 Å². The molecule has 2 aromatic carbocycles. The van der Waals surface area contributed by atoms with Gasteiger partial charge in [-0.25, -0.2) is 8.78 Å². The van der Waals surface area contributed by atoms with Gasteiger partial charge in [0.15, 0.2) is 10.7 Å². The maximum Gasteiger partial charge on any atom is 0.164 e. The van der Waals surface area contributed by atoms with Crippen molar-refractivity contribution in [2.75, 3.05) is 6.26 Å². The zero-order valence-corrected chi connectivity index (χ0v) is 13.3. The van der Waals surface area contributed by atoms with E-state index in [0.717, 1.165) is 17.2 Å². The second-order valence-corrected chi connectivity index (χ2v) is 6.79. The molecule has 2 aromatic rings. The van der Waals surface area contributed by atoms with Crippen LogP contribution in [0.1, 0.15) is 24.0 Å². The quantitative estimate of drug-likeness (QED) is 0.798. The van der Waals surface area contributed by atoms with E-state index in [1.807, 2.05) is 0 Å². The number of hydrogen-bond donors (Lipinski definition) is 0. The Morgan fingerprint density at radius 3 is 2.13 bits per heavy atom. The second-order valence-electron chi connectivity index (χ2n) is 5.41. The molecular formula is C18H14F2O2S. The van der Waals surface area contributed by atoms with Gasteiger partial charge in [-0.3, -0.25) is 4.79 Å². The Morgan fingerprint density at radius 1 is 0.957 bits per heavy atom. The molecule has 0 saturated heterocycles. The first kappa shape index (κ1) is 15.9. The molecule has 0 radical (unpaired) electrons. The fourth-order valence-corrected chi connectivity index (χ4v) is 3.35. The first-order valence-electron chi connectivity index (χ1n) is 7.12. The Bertz CT molecular complexity index is 775. The van der Waals surface area contributed by atoms with E-state index in [1.165, 1.54) is 12.1 Å². The summed E-state index contributed by atoms with van der Waals surface area (Å²) in [5, 5.41) is 0. The molecule has 0 aliphatic heterocycles. The highest BCUT2D eigenvalue weighted by Crippen LogP contribution is 2.38. The average molecular weight is 332 g/mol. The molecule has 0 aromatic heterocycles. The van der Waals surface area contributed by atoms with Crippen molar-refractivity contribution in [1.29, 1.82) is 0 Å². The zero-order valence-electron chi connectivity index (χ0n) is 12.4. The largest absolute Gasteiger partial charge is 0.612 e. The molecule has 5 heteroatoms. The molecular weight excluding hydrogens is 318 g/mol. The number of hydrogen-bond acceptors (Lipinski definition) is 2. The van der Waals surface area contributed by atoms with Crippen LogP contribution >= 0.6 is 0 Å². The Morgan fingerprint density at radius 2 is 1.57 bits per heavy atom. The molecule has 118 valence electrons. The lowest BCUT2D eigenvalue weighted by Crippen LogP contribution is -1.99.